The van der Waals surface area contributed by atoms with Gasteiger partial charge >= 0.3 is 0 Å². The van der Waals surface area contributed by atoms with E-state index in [2.05, 4.69) is 12.2 Å². The van der Waals surface area contributed by atoms with Gasteiger partial charge in [-0.2, -0.15) is 0 Å². The molecule has 0 spiro atoms. The molecule has 2 rings (SSSR count). The Labute approximate surface area is 101 Å². The number of rotatable bonds is 5. The highest BCUT2D eigenvalue weighted by Crippen LogP contribution is 2.36. The zero-order valence-corrected chi connectivity index (χ0v) is 10.2. The maximum Gasteiger partial charge on any atom is 0.141 e. The first-order valence-corrected chi connectivity index (χ1v) is 6.19. The van der Waals surface area contributed by atoms with Crippen LogP contribution >= 0.6 is 11.6 Å². The van der Waals surface area contributed by atoms with E-state index in [0.717, 1.165) is 30.5 Å². The first kappa shape index (κ1) is 11.9. The summed E-state index contributed by atoms with van der Waals surface area (Å²) in [6, 6.07) is 4.88. The molecule has 1 unspecified atom stereocenters. The zero-order chi connectivity index (χ0) is 11.5. The van der Waals surface area contributed by atoms with E-state index in [1.807, 2.05) is 0 Å². The number of halogens is 2. The molecule has 1 N–H and O–H groups in total. The minimum Gasteiger partial charge on any atom is -0.312 e. The van der Waals surface area contributed by atoms with Crippen molar-refractivity contribution in [2.24, 2.45) is 11.8 Å². The SMILES string of the molecule is CC(CNCc1ccc(F)c(Cl)c1)C1CC1. The summed E-state index contributed by atoms with van der Waals surface area (Å²) in [6.45, 7) is 4.07. The lowest BCUT2D eigenvalue weighted by molar-refractivity contribution is 0.461. The minimum absolute atomic E-state index is 0.203. The molecule has 16 heavy (non-hydrogen) atoms. The molecule has 3 heteroatoms. The summed E-state index contributed by atoms with van der Waals surface area (Å²) in [5.41, 5.74) is 1.04. The normalized spacial score (nSPS) is 17.4. The van der Waals surface area contributed by atoms with Crippen LogP contribution in [0.1, 0.15) is 25.3 Å². The van der Waals surface area contributed by atoms with E-state index in [0.29, 0.717) is 0 Å². The van der Waals surface area contributed by atoms with Gasteiger partial charge in [0.1, 0.15) is 5.82 Å². The summed E-state index contributed by atoms with van der Waals surface area (Å²) in [7, 11) is 0. The average molecular weight is 242 g/mol. The van der Waals surface area contributed by atoms with Gasteiger partial charge < -0.3 is 5.32 Å². The van der Waals surface area contributed by atoms with Gasteiger partial charge in [0.2, 0.25) is 0 Å². The molecule has 1 fully saturated rings. The molecule has 1 saturated carbocycles. The number of benzene rings is 1. The van der Waals surface area contributed by atoms with Crippen molar-refractivity contribution in [2.75, 3.05) is 6.54 Å². The van der Waals surface area contributed by atoms with Crippen molar-refractivity contribution >= 4 is 11.6 Å². The third-order valence-corrected chi connectivity index (χ3v) is 3.50. The summed E-state index contributed by atoms with van der Waals surface area (Å²) < 4.78 is 12.9. The predicted molar refractivity (Wildman–Crippen MR) is 65.0 cm³/mol. The lowest BCUT2D eigenvalue weighted by Crippen LogP contribution is -2.21. The quantitative estimate of drug-likeness (QED) is 0.831. The molecule has 0 bridgehead atoms. The van der Waals surface area contributed by atoms with E-state index in [9.17, 15) is 4.39 Å². The Morgan fingerprint density at radius 3 is 2.88 bits per heavy atom. The van der Waals surface area contributed by atoms with Gasteiger partial charge in [-0.1, -0.05) is 24.6 Å². The molecule has 1 nitrogen and oxygen atoms in total. The monoisotopic (exact) mass is 241 g/mol. The summed E-state index contributed by atoms with van der Waals surface area (Å²) >= 11 is 5.71. The van der Waals surface area contributed by atoms with Crippen molar-refractivity contribution in [3.8, 4) is 0 Å². The third kappa shape index (κ3) is 3.19. The molecule has 1 aliphatic carbocycles. The largest absolute Gasteiger partial charge is 0.312 e. The van der Waals surface area contributed by atoms with Crippen LogP contribution in [0.2, 0.25) is 5.02 Å². The molecule has 0 radical (unpaired) electrons. The Kier molecular flexibility index (Phi) is 3.82. The number of hydrogen-bond acceptors (Lipinski definition) is 1. The average Bonchev–Trinajstić information content (AvgIpc) is 3.07. The minimum atomic E-state index is -0.350. The van der Waals surface area contributed by atoms with Crippen LogP contribution in [-0.2, 0) is 6.54 Å². The molecule has 1 aliphatic rings. The molecule has 1 aromatic rings. The van der Waals surface area contributed by atoms with Crippen LogP contribution in [0.3, 0.4) is 0 Å². The summed E-state index contributed by atoms with van der Waals surface area (Å²) in [5.74, 6) is 1.32. The maximum absolute atomic E-state index is 12.9. The molecule has 1 aromatic carbocycles. The highest BCUT2D eigenvalue weighted by molar-refractivity contribution is 6.30. The van der Waals surface area contributed by atoms with Crippen molar-refractivity contribution < 1.29 is 4.39 Å². The van der Waals surface area contributed by atoms with E-state index < -0.39 is 0 Å². The Balaban J connectivity index is 1.78. The van der Waals surface area contributed by atoms with Crippen LogP contribution in [0.4, 0.5) is 4.39 Å². The van der Waals surface area contributed by atoms with Gasteiger partial charge in [-0.05, 0) is 48.9 Å². The molecule has 88 valence electrons. The molecule has 0 saturated heterocycles. The third-order valence-electron chi connectivity index (χ3n) is 3.21. The Morgan fingerprint density at radius 2 is 2.25 bits per heavy atom. The molecule has 0 heterocycles. The van der Waals surface area contributed by atoms with Gasteiger partial charge in [0, 0.05) is 6.54 Å². The molecular weight excluding hydrogens is 225 g/mol. The summed E-state index contributed by atoms with van der Waals surface area (Å²) in [4.78, 5) is 0. The van der Waals surface area contributed by atoms with Crippen LogP contribution < -0.4 is 5.32 Å². The highest BCUT2D eigenvalue weighted by atomic mass is 35.5. The molecule has 0 aromatic heterocycles. The van der Waals surface area contributed by atoms with Gasteiger partial charge in [0.25, 0.3) is 0 Å². The van der Waals surface area contributed by atoms with Crippen molar-refractivity contribution in [2.45, 2.75) is 26.3 Å². The number of hydrogen-bond donors (Lipinski definition) is 1. The van der Waals surface area contributed by atoms with Gasteiger partial charge in [0.15, 0.2) is 0 Å². The van der Waals surface area contributed by atoms with Gasteiger partial charge in [0.05, 0.1) is 5.02 Å². The van der Waals surface area contributed by atoms with Crippen LogP contribution in [0.5, 0.6) is 0 Å². The first-order valence-electron chi connectivity index (χ1n) is 5.81. The fourth-order valence-corrected chi connectivity index (χ4v) is 2.13. The van der Waals surface area contributed by atoms with Gasteiger partial charge in [-0.3, -0.25) is 0 Å². The molecule has 0 aliphatic heterocycles. The second-order valence-corrected chi connectivity index (χ2v) is 5.10. The fourth-order valence-electron chi connectivity index (χ4n) is 1.93. The standard InChI is InChI=1S/C13H17ClFN/c1-9(11-3-4-11)7-16-8-10-2-5-13(15)12(14)6-10/h2,5-6,9,11,16H,3-4,7-8H2,1H3. The van der Waals surface area contributed by atoms with E-state index in [4.69, 9.17) is 11.6 Å². The molecule has 1 atom stereocenters. The van der Waals surface area contributed by atoms with Gasteiger partial charge in [-0.15, -0.1) is 0 Å². The van der Waals surface area contributed by atoms with Crippen LogP contribution in [0.15, 0.2) is 18.2 Å². The van der Waals surface area contributed by atoms with Crippen molar-refractivity contribution in [1.82, 2.24) is 5.32 Å². The number of nitrogens with one attached hydrogen (secondary N) is 1. The smallest absolute Gasteiger partial charge is 0.141 e. The molecule has 0 amide bonds. The van der Waals surface area contributed by atoms with Crippen LogP contribution in [-0.4, -0.2) is 6.54 Å². The van der Waals surface area contributed by atoms with E-state index in [1.54, 1.807) is 12.1 Å². The summed E-state index contributed by atoms with van der Waals surface area (Å²) in [6.07, 6.45) is 2.76. The van der Waals surface area contributed by atoms with Crippen LogP contribution in [0.25, 0.3) is 0 Å². The first-order chi connectivity index (χ1) is 7.66. The zero-order valence-electron chi connectivity index (χ0n) is 9.47. The van der Waals surface area contributed by atoms with Crippen molar-refractivity contribution in [3.63, 3.8) is 0 Å². The summed E-state index contributed by atoms with van der Waals surface area (Å²) in [5, 5.41) is 3.59. The fraction of sp³-hybridized carbons (Fsp3) is 0.538. The van der Waals surface area contributed by atoms with Crippen LogP contribution in [0, 0.1) is 17.7 Å². The second kappa shape index (κ2) is 5.15. The van der Waals surface area contributed by atoms with E-state index >= 15 is 0 Å². The van der Waals surface area contributed by atoms with Crippen molar-refractivity contribution in [3.05, 3.63) is 34.6 Å². The Bertz CT molecular complexity index is 363. The van der Waals surface area contributed by atoms with E-state index in [-0.39, 0.29) is 10.8 Å². The Morgan fingerprint density at radius 1 is 1.50 bits per heavy atom. The highest BCUT2D eigenvalue weighted by Gasteiger charge is 2.27. The topological polar surface area (TPSA) is 12.0 Å². The second-order valence-electron chi connectivity index (χ2n) is 4.69. The van der Waals surface area contributed by atoms with Gasteiger partial charge in [-0.25, -0.2) is 4.39 Å². The molecular formula is C13H17ClFN. The lowest BCUT2D eigenvalue weighted by atomic mass is 10.1. The predicted octanol–water partition coefficient (Wildman–Crippen LogP) is 3.61. The lowest BCUT2D eigenvalue weighted by Gasteiger charge is -2.11. The Hall–Kier alpha value is -0.600. The maximum atomic E-state index is 12.9. The van der Waals surface area contributed by atoms with Crippen molar-refractivity contribution in [1.29, 1.82) is 0 Å². The van der Waals surface area contributed by atoms with E-state index in [1.165, 1.54) is 18.9 Å².